The number of hydrogen-bond donors (Lipinski definition) is 1. The molecule has 1 atom stereocenters. The van der Waals surface area contributed by atoms with E-state index < -0.39 is 16.1 Å². The average molecular weight is 359 g/mol. The Morgan fingerprint density at radius 3 is 2.08 bits per heavy atom. The molecule has 1 aliphatic heterocycles. The van der Waals surface area contributed by atoms with Gasteiger partial charge in [-0.2, -0.15) is 4.31 Å². The molecule has 1 aliphatic rings. The molecule has 1 heterocycles. The first-order valence-corrected chi connectivity index (χ1v) is 10.1. The van der Waals surface area contributed by atoms with E-state index in [-0.39, 0.29) is 5.41 Å². The number of aliphatic hydroxyl groups is 1. The summed E-state index contributed by atoms with van der Waals surface area (Å²) in [5.41, 5.74) is 1.73. The molecule has 0 radical (unpaired) electrons. The van der Waals surface area contributed by atoms with E-state index in [1.807, 2.05) is 49.4 Å². The van der Waals surface area contributed by atoms with Crippen LogP contribution in [0.4, 0.5) is 0 Å². The third-order valence-corrected chi connectivity index (χ3v) is 7.33. The number of aryl methyl sites for hydroxylation is 1. The lowest BCUT2D eigenvalue weighted by atomic mass is 9.69. The Bertz CT molecular complexity index is 806. The van der Waals surface area contributed by atoms with Crippen molar-refractivity contribution < 1.29 is 13.5 Å². The van der Waals surface area contributed by atoms with Gasteiger partial charge in [0, 0.05) is 18.5 Å². The second kappa shape index (κ2) is 6.90. The lowest BCUT2D eigenvalue weighted by Crippen LogP contribution is -2.49. The van der Waals surface area contributed by atoms with Gasteiger partial charge >= 0.3 is 0 Å². The summed E-state index contributed by atoms with van der Waals surface area (Å²) in [6.45, 7) is 4.57. The van der Waals surface area contributed by atoms with E-state index in [0.29, 0.717) is 30.8 Å². The molecule has 2 aromatic rings. The van der Waals surface area contributed by atoms with Crippen molar-refractivity contribution in [3.63, 3.8) is 0 Å². The topological polar surface area (TPSA) is 57.6 Å². The Balaban J connectivity index is 1.84. The summed E-state index contributed by atoms with van der Waals surface area (Å²) < 4.78 is 27.3. The summed E-state index contributed by atoms with van der Waals surface area (Å²) in [4.78, 5) is 0.336. The molecule has 1 saturated heterocycles. The maximum Gasteiger partial charge on any atom is 0.243 e. The van der Waals surface area contributed by atoms with Crippen LogP contribution in [0.15, 0.2) is 59.5 Å². The molecular formula is C20H25NO3S. The van der Waals surface area contributed by atoms with E-state index in [1.54, 1.807) is 23.4 Å². The summed E-state index contributed by atoms with van der Waals surface area (Å²) in [6.07, 6.45) is 0.693. The quantitative estimate of drug-likeness (QED) is 0.913. The second-order valence-corrected chi connectivity index (χ2v) is 8.85. The van der Waals surface area contributed by atoms with Crippen LogP contribution in [0.25, 0.3) is 0 Å². The molecule has 1 unspecified atom stereocenters. The monoisotopic (exact) mass is 359 g/mol. The average Bonchev–Trinajstić information content (AvgIpc) is 2.62. The summed E-state index contributed by atoms with van der Waals surface area (Å²) in [7, 11) is -3.49. The van der Waals surface area contributed by atoms with Crippen LogP contribution in [0.5, 0.6) is 0 Å². The minimum absolute atomic E-state index is 0.336. The van der Waals surface area contributed by atoms with E-state index in [0.717, 1.165) is 11.1 Å². The zero-order valence-corrected chi connectivity index (χ0v) is 15.5. The van der Waals surface area contributed by atoms with E-state index >= 15 is 0 Å². The van der Waals surface area contributed by atoms with Gasteiger partial charge in [-0.15, -0.1) is 0 Å². The number of benzene rings is 2. The molecule has 1 fully saturated rings. The largest absolute Gasteiger partial charge is 0.392 e. The fourth-order valence-electron chi connectivity index (χ4n) is 3.70. The lowest BCUT2D eigenvalue weighted by Gasteiger charge is -2.43. The van der Waals surface area contributed by atoms with E-state index in [2.05, 4.69) is 0 Å². The highest BCUT2D eigenvalue weighted by Gasteiger charge is 2.42. The molecule has 0 aromatic heterocycles. The zero-order chi connectivity index (χ0) is 18.1. The van der Waals surface area contributed by atoms with Gasteiger partial charge in [0.25, 0.3) is 0 Å². The summed E-state index contributed by atoms with van der Waals surface area (Å²) in [6, 6.07) is 16.9. The number of aliphatic hydroxyl groups excluding tert-OH is 1. The van der Waals surface area contributed by atoms with Crippen molar-refractivity contribution in [2.75, 3.05) is 13.1 Å². The minimum Gasteiger partial charge on any atom is -0.392 e. The van der Waals surface area contributed by atoms with Crippen LogP contribution in [0.2, 0.25) is 0 Å². The molecule has 1 N–H and O–H groups in total. The zero-order valence-electron chi connectivity index (χ0n) is 14.7. The predicted octanol–water partition coefficient (Wildman–Crippen LogP) is 3.10. The fraction of sp³-hybridized carbons (Fsp3) is 0.400. The molecule has 5 heteroatoms. The highest BCUT2D eigenvalue weighted by molar-refractivity contribution is 7.89. The second-order valence-electron chi connectivity index (χ2n) is 6.92. The maximum atomic E-state index is 12.9. The molecule has 0 amide bonds. The van der Waals surface area contributed by atoms with Crippen molar-refractivity contribution in [1.82, 2.24) is 4.31 Å². The third-order valence-electron chi connectivity index (χ3n) is 5.42. The first-order chi connectivity index (χ1) is 11.9. The smallest absolute Gasteiger partial charge is 0.243 e. The standard InChI is InChI=1S/C20H25NO3S/c1-16-8-10-19(11-9-16)25(23,24)21-14-12-20(13-15-21,17(2)22)18-6-4-3-5-7-18/h3-11,17,22H,12-15H2,1-2H3. The van der Waals surface area contributed by atoms with Gasteiger partial charge in [0.15, 0.2) is 0 Å². The molecule has 2 aromatic carbocycles. The van der Waals surface area contributed by atoms with Crippen LogP contribution in [0.1, 0.15) is 30.9 Å². The van der Waals surface area contributed by atoms with Crippen LogP contribution in [-0.4, -0.2) is 37.0 Å². The number of piperidine rings is 1. The van der Waals surface area contributed by atoms with Crippen molar-refractivity contribution in [2.24, 2.45) is 0 Å². The van der Waals surface area contributed by atoms with Crippen molar-refractivity contribution in [3.8, 4) is 0 Å². The highest BCUT2D eigenvalue weighted by atomic mass is 32.2. The fourth-order valence-corrected chi connectivity index (χ4v) is 5.14. The Hall–Kier alpha value is -1.69. The van der Waals surface area contributed by atoms with Gasteiger partial charge < -0.3 is 5.11 Å². The Labute approximate surface area is 150 Å². The summed E-state index contributed by atoms with van der Waals surface area (Å²) in [5, 5.41) is 10.4. The van der Waals surface area contributed by atoms with Crippen LogP contribution in [0.3, 0.4) is 0 Å². The Morgan fingerprint density at radius 2 is 1.56 bits per heavy atom. The van der Waals surface area contributed by atoms with Crippen LogP contribution < -0.4 is 0 Å². The van der Waals surface area contributed by atoms with E-state index in [4.69, 9.17) is 0 Å². The lowest BCUT2D eigenvalue weighted by molar-refractivity contribution is 0.0592. The van der Waals surface area contributed by atoms with Crippen molar-refractivity contribution >= 4 is 10.0 Å². The van der Waals surface area contributed by atoms with Crippen LogP contribution >= 0.6 is 0 Å². The molecule has 4 nitrogen and oxygen atoms in total. The summed E-state index contributed by atoms with van der Waals surface area (Å²) in [5.74, 6) is 0. The molecule has 134 valence electrons. The SMILES string of the molecule is Cc1ccc(S(=O)(=O)N2CCC(c3ccccc3)(C(C)O)CC2)cc1. The first kappa shape index (κ1) is 18.1. The molecule has 0 spiro atoms. The Kier molecular flexibility index (Phi) is 5.00. The highest BCUT2D eigenvalue weighted by Crippen LogP contribution is 2.39. The number of nitrogens with zero attached hydrogens (tertiary/aromatic N) is 1. The van der Waals surface area contributed by atoms with Crippen molar-refractivity contribution in [1.29, 1.82) is 0 Å². The molecule has 0 aliphatic carbocycles. The maximum absolute atomic E-state index is 12.9. The van der Waals surface area contributed by atoms with Gasteiger partial charge in [-0.25, -0.2) is 8.42 Å². The molecule has 0 saturated carbocycles. The Morgan fingerprint density at radius 1 is 1.00 bits per heavy atom. The van der Waals surface area contributed by atoms with E-state index in [9.17, 15) is 13.5 Å². The molecule has 25 heavy (non-hydrogen) atoms. The third kappa shape index (κ3) is 3.36. The predicted molar refractivity (Wildman–Crippen MR) is 99.0 cm³/mol. The number of rotatable bonds is 4. The normalized spacial score (nSPS) is 19.5. The van der Waals surface area contributed by atoms with Crippen molar-refractivity contribution in [3.05, 3.63) is 65.7 Å². The van der Waals surface area contributed by atoms with Crippen LogP contribution in [-0.2, 0) is 15.4 Å². The first-order valence-electron chi connectivity index (χ1n) is 8.67. The van der Waals surface area contributed by atoms with Crippen molar-refractivity contribution in [2.45, 2.75) is 43.1 Å². The number of sulfonamides is 1. The van der Waals surface area contributed by atoms with Gasteiger partial charge in [-0.3, -0.25) is 0 Å². The number of hydrogen-bond acceptors (Lipinski definition) is 3. The molecular weight excluding hydrogens is 334 g/mol. The molecule has 3 rings (SSSR count). The van der Waals surface area contributed by atoms with Gasteiger partial charge in [0.1, 0.15) is 0 Å². The minimum atomic E-state index is -3.49. The summed E-state index contributed by atoms with van der Waals surface area (Å²) >= 11 is 0. The van der Waals surface area contributed by atoms with Gasteiger partial charge in [-0.05, 0) is 44.4 Å². The molecule has 0 bridgehead atoms. The van der Waals surface area contributed by atoms with Gasteiger partial charge in [-0.1, -0.05) is 48.0 Å². The van der Waals surface area contributed by atoms with Gasteiger partial charge in [0.05, 0.1) is 11.0 Å². The van der Waals surface area contributed by atoms with Gasteiger partial charge in [0.2, 0.25) is 10.0 Å². The van der Waals surface area contributed by atoms with E-state index in [1.165, 1.54) is 0 Å². The van der Waals surface area contributed by atoms with Crippen LogP contribution in [0, 0.1) is 6.92 Å².